The Labute approximate surface area is 171 Å². The Kier molecular flexibility index (Phi) is 5.96. The number of pyridine rings is 2. The van der Waals surface area contributed by atoms with Crippen LogP contribution in [0.5, 0.6) is 0 Å². The summed E-state index contributed by atoms with van der Waals surface area (Å²) in [5.41, 5.74) is 10.5. The zero-order chi connectivity index (χ0) is 20.1. The Balaban J connectivity index is 1.36. The van der Waals surface area contributed by atoms with Crippen molar-refractivity contribution in [1.82, 2.24) is 14.9 Å². The molecule has 0 atom stereocenters. The van der Waals surface area contributed by atoms with E-state index in [2.05, 4.69) is 20.9 Å². The fourth-order valence-corrected chi connectivity index (χ4v) is 3.90. The maximum Gasteiger partial charge on any atom is 0.142 e. The van der Waals surface area contributed by atoms with Crippen LogP contribution in [0.3, 0.4) is 0 Å². The highest BCUT2D eigenvalue weighted by Crippen LogP contribution is 2.24. The number of Topliss-reactive ketones (excluding diaryl/α,β-unsaturated/α-hetero) is 1. The van der Waals surface area contributed by atoms with Crippen molar-refractivity contribution in [2.45, 2.75) is 25.8 Å². The molecule has 29 heavy (non-hydrogen) atoms. The number of nitrogens with zero attached hydrogens (tertiary/aromatic N) is 3. The van der Waals surface area contributed by atoms with Gasteiger partial charge in [0, 0.05) is 30.4 Å². The van der Waals surface area contributed by atoms with Gasteiger partial charge in [-0.25, -0.2) is 0 Å². The molecule has 0 radical (unpaired) electrons. The summed E-state index contributed by atoms with van der Waals surface area (Å²) in [6.45, 7) is 2.75. The van der Waals surface area contributed by atoms with Crippen LogP contribution in [0.25, 0.3) is 11.3 Å². The number of hydrogen-bond acceptors (Lipinski definition) is 5. The van der Waals surface area contributed by atoms with E-state index in [4.69, 9.17) is 5.73 Å². The first-order chi connectivity index (χ1) is 14.2. The van der Waals surface area contributed by atoms with Crippen molar-refractivity contribution in [3.8, 4) is 11.3 Å². The van der Waals surface area contributed by atoms with Crippen molar-refractivity contribution in [3.05, 3.63) is 78.2 Å². The van der Waals surface area contributed by atoms with Gasteiger partial charge in [-0.05, 0) is 49.7 Å². The van der Waals surface area contributed by atoms with E-state index < -0.39 is 0 Å². The van der Waals surface area contributed by atoms with Gasteiger partial charge in [-0.15, -0.1) is 0 Å². The van der Waals surface area contributed by atoms with Crippen LogP contribution in [0.1, 0.15) is 24.1 Å². The topological polar surface area (TPSA) is 72.1 Å². The van der Waals surface area contributed by atoms with Crippen LogP contribution in [0.4, 0.5) is 5.69 Å². The van der Waals surface area contributed by atoms with Gasteiger partial charge in [0.2, 0.25) is 0 Å². The van der Waals surface area contributed by atoms with Crippen molar-refractivity contribution >= 4 is 11.5 Å². The van der Waals surface area contributed by atoms with Crippen LogP contribution in [0.2, 0.25) is 0 Å². The molecule has 0 saturated carbocycles. The first kappa shape index (κ1) is 19.3. The number of aromatic nitrogens is 2. The third kappa shape index (κ3) is 4.87. The average molecular weight is 386 g/mol. The van der Waals surface area contributed by atoms with Crippen molar-refractivity contribution in [1.29, 1.82) is 0 Å². The van der Waals surface area contributed by atoms with E-state index in [0.717, 1.165) is 43.7 Å². The molecule has 4 rings (SSSR count). The zero-order valence-corrected chi connectivity index (χ0v) is 16.5. The molecule has 5 nitrogen and oxygen atoms in total. The van der Waals surface area contributed by atoms with Crippen LogP contribution in [0, 0.1) is 5.92 Å². The Bertz CT molecular complexity index is 951. The molecule has 1 saturated heterocycles. The number of carbonyl (C=O) groups is 1. The number of nitrogens with two attached hydrogens (primary N) is 1. The molecular weight excluding hydrogens is 360 g/mol. The lowest BCUT2D eigenvalue weighted by Gasteiger charge is -2.31. The third-order valence-corrected chi connectivity index (χ3v) is 5.59. The second-order valence-electron chi connectivity index (χ2n) is 7.65. The molecule has 2 aromatic heterocycles. The van der Waals surface area contributed by atoms with Gasteiger partial charge in [-0.2, -0.15) is 0 Å². The number of benzene rings is 1. The van der Waals surface area contributed by atoms with E-state index in [-0.39, 0.29) is 11.7 Å². The molecule has 0 amide bonds. The van der Waals surface area contributed by atoms with E-state index in [1.54, 1.807) is 6.20 Å². The van der Waals surface area contributed by atoms with Crippen molar-refractivity contribution < 1.29 is 4.79 Å². The summed E-state index contributed by atoms with van der Waals surface area (Å²) in [7, 11) is 0. The quantitative estimate of drug-likeness (QED) is 0.698. The van der Waals surface area contributed by atoms with Crippen LogP contribution in [-0.4, -0.2) is 33.7 Å². The molecule has 0 spiro atoms. The number of anilines is 1. The molecule has 1 aliphatic heterocycles. The predicted octanol–water partition coefficient (Wildman–Crippen LogP) is 3.75. The summed E-state index contributed by atoms with van der Waals surface area (Å²) in [6.07, 6.45) is 5.78. The lowest BCUT2D eigenvalue weighted by atomic mass is 9.89. The monoisotopic (exact) mass is 386 g/mol. The number of ketones is 1. The standard InChI is InChI=1S/C24H26N4O/c25-21-8-9-22(19-6-2-1-3-7-19)27-23(21)15-24(29)20-10-13-28(14-11-20)17-18-5-4-12-26-16-18/h1-9,12,16,20H,10-11,13-15,17,25H2. The summed E-state index contributed by atoms with van der Waals surface area (Å²) in [5, 5.41) is 0. The summed E-state index contributed by atoms with van der Waals surface area (Å²) in [4.78, 5) is 24.2. The number of likely N-dealkylation sites (tertiary alicyclic amines) is 1. The maximum atomic E-state index is 12.9. The highest BCUT2D eigenvalue weighted by atomic mass is 16.1. The van der Waals surface area contributed by atoms with Gasteiger partial charge in [0.15, 0.2) is 0 Å². The molecule has 0 unspecified atom stereocenters. The first-order valence-corrected chi connectivity index (χ1v) is 10.1. The van der Waals surface area contributed by atoms with Crippen molar-refractivity contribution in [2.75, 3.05) is 18.8 Å². The van der Waals surface area contributed by atoms with Gasteiger partial charge in [-0.3, -0.25) is 19.7 Å². The number of piperidine rings is 1. The Morgan fingerprint density at radius 3 is 2.55 bits per heavy atom. The van der Waals surface area contributed by atoms with Crippen LogP contribution < -0.4 is 5.73 Å². The molecule has 1 aromatic carbocycles. The van der Waals surface area contributed by atoms with Gasteiger partial charge < -0.3 is 5.73 Å². The fourth-order valence-electron chi connectivity index (χ4n) is 3.90. The minimum absolute atomic E-state index is 0.0849. The summed E-state index contributed by atoms with van der Waals surface area (Å²) < 4.78 is 0. The van der Waals surface area contributed by atoms with Crippen LogP contribution >= 0.6 is 0 Å². The van der Waals surface area contributed by atoms with E-state index in [0.29, 0.717) is 17.8 Å². The van der Waals surface area contributed by atoms with Crippen molar-refractivity contribution in [2.24, 2.45) is 5.92 Å². The normalized spacial score (nSPS) is 15.3. The highest BCUT2D eigenvalue weighted by Gasteiger charge is 2.25. The van der Waals surface area contributed by atoms with Crippen LogP contribution in [0.15, 0.2) is 67.0 Å². The zero-order valence-electron chi connectivity index (χ0n) is 16.5. The van der Waals surface area contributed by atoms with Gasteiger partial charge >= 0.3 is 0 Å². The molecule has 3 heterocycles. The number of carbonyl (C=O) groups excluding carboxylic acids is 1. The minimum Gasteiger partial charge on any atom is -0.397 e. The smallest absolute Gasteiger partial charge is 0.142 e. The van der Waals surface area contributed by atoms with E-state index >= 15 is 0 Å². The summed E-state index contributed by atoms with van der Waals surface area (Å²) in [5.74, 6) is 0.331. The number of hydrogen-bond donors (Lipinski definition) is 1. The largest absolute Gasteiger partial charge is 0.397 e. The summed E-state index contributed by atoms with van der Waals surface area (Å²) in [6, 6.07) is 17.8. The van der Waals surface area contributed by atoms with Gasteiger partial charge in [0.1, 0.15) is 5.78 Å². The Hall–Kier alpha value is -3.05. The number of rotatable bonds is 6. The van der Waals surface area contributed by atoms with E-state index in [9.17, 15) is 4.79 Å². The predicted molar refractivity (Wildman–Crippen MR) is 115 cm³/mol. The Morgan fingerprint density at radius 1 is 1.03 bits per heavy atom. The third-order valence-electron chi connectivity index (χ3n) is 5.59. The van der Waals surface area contributed by atoms with E-state index in [1.807, 2.05) is 54.7 Å². The molecule has 1 aliphatic rings. The highest BCUT2D eigenvalue weighted by molar-refractivity contribution is 5.84. The molecular formula is C24H26N4O. The molecule has 0 bridgehead atoms. The second-order valence-corrected chi connectivity index (χ2v) is 7.65. The van der Waals surface area contributed by atoms with Gasteiger partial charge in [0.25, 0.3) is 0 Å². The molecule has 3 aromatic rings. The molecule has 1 fully saturated rings. The molecule has 0 aliphatic carbocycles. The molecule has 5 heteroatoms. The molecule has 2 N–H and O–H groups in total. The van der Waals surface area contributed by atoms with Gasteiger partial charge in [0.05, 0.1) is 23.5 Å². The van der Waals surface area contributed by atoms with Crippen LogP contribution in [-0.2, 0) is 17.8 Å². The second kappa shape index (κ2) is 8.97. The van der Waals surface area contributed by atoms with E-state index in [1.165, 1.54) is 5.56 Å². The lowest BCUT2D eigenvalue weighted by molar-refractivity contribution is -0.123. The van der Waals surface area contributed by atoms with Gasteiger partial charge in [-0.1, -0.05) is 36.4 Å². The maximum absolute atomic E-state index is 12.9. The number of nitrogen functional groups attached to an aromatic ring is 1. The first-order valence-electron chi connectivity index (χ1n) is 10.1. The molecule has 148 valence electrons. The SMILES string of the molecule is Nc1ccc(-c2ccccc2)nc1CC(=O)C1CCN(Cc2cccnc2)CC1. The average Bonchev–Trinajstić information content (AvgIpc) is 2.77. The lowest BCUT2D eigenvalue weighted by Crippen LogP contribution is -2.36. The Morgan fingerprint density at radius 2 is 1.83 bits per heavy atom. The summed E-state index contributed by atoms with van der Waals surface area (Å²) >= 11 is 0. The van der Waals surface area contributed by atoms with Crippen molar-refractivity contribution in [3.63, 3.8) is 0 Å². The fraction of sp³-hybridized carbons (Fsp3) is 0.292. The minimum atomic E-state index is 0.0849.